The lowest BCUT2D eigenvalue weighted by molar-refractivity contribution is 0.0524. The van der Waals surface area contributed by atoms with Gasteiger partial charge in [-0.1, -0.05) is 0 Å². The van der Waals surface area contributed by atoms with E-state index in [2.05, 4.69) is 26.2 Å². The predicted octanol–water partition coefficient (Wildman–Crippen LogP) is 4.08. The molecule has 4 nitrogen and oxygen atoms in total. The van der Waals surface area contributed by atoms with Crippen LogP contribution in [-0.2, 0) is 11.3 Å². The summed E-state index contributed by atoms with van der Waals surface area (Å²) in [6.45, 7) is 5.99. The summed E-state index contributed by atoms with van der Waals surface area (Å²) >= 11 is 5.09. The molecule has 1 amide bonds. The maximum atomic E-state index is 11.6. The standard InChI is InChI=1S/C13H15BrN2O2S/c1-13(2,3)18-12(17)16-6-9-4-8-5-15-7-10(14)11(8)19-9/h4-5,7H,6H2,1-3H3,(H,16,17). The Kier molecular flexibility index (Phi) is 4.10. The number of aromatic nitrogens is 1. The van der Waals surface area contributed by atoms with E-state index in [1.54, 1.807) is 17.5 Å². The molecule has 0 saturated carbocycles. The number of fused-ring (bicyclic) bond motifs is 1. The number of nitrogens with one attached hydrogen (secondary N) is 1. The summed E-state index contributed by atoms with van der Waals surface area (Å²) in [5.41, 5.74) is -0.475. The van der Waals surface area contributed by atoms with Crippen molar-refractivity contribution in [3.05, 3.63) is 27.8 Å². The Balaban J connectivity index is 2.02. The number of hydrogen-bond acceptors (Lipinski definition) is 4. The minimum Gasteiger partial charge on any atom is -0.444 e. The molecule has 0 spiro atoms. The number of hydrogen-bond donors (Lipinski definition) is 1. The van der Waals surface area contributed by atoms with Crippen molar-refractivity contribution in [1.29, 1.82) is 0 Å². The van der Waals surface area contributed by atoms with Gasteiger partial charge in [0.2, 0.25) is 0 Å². The van der Waals surface area contributed by atoms with Crippen molar-refractivity contribution < 1.29 is 9.53 Å². The van der Waals surface area contributed by atoms with Gasteiger partial charge >= 0.3 is 6.09 Å². The van der Waals surface area contributed by atoms with Gasteiger partial charge in [-0.25, -0.2) is 4.79 Å². The van der Waals surface area contributed by atoms with Gasteiger partial charge in [0.05, 0.1) is 15.7 Å². The maximum Gasteiger partial charge on any atom is 0.407 e. The molecule has 2 rings (SSSR count). The van der Waals surface area contributed by atoms with Crippen molar-refractivity contribution in [2.24, 2.45) is 0 Å². The summed E-state index contributed by atoms with van der Waals surface area (Å²) in [7, 11) is 0. The number of halogens is 1. The first-order valence-corrected chi connectivity index (χ1v) is 7.45. The average molecular weight is 343 g/mol. The first kappa shape index (κ1) is 14.3. The molecule has 0 aromatic carbocycles. The van der Waals surface area contributed by atoms with Crippen molar-refractivity contribution in [2.75, 3.05) is 0 Å². The molecule has 2 heterocycles. The molecule has 0 fully saturated rings. The quantitative estimate of drug-likeness (QED) is 0.894. The Morgan fingerprint density at radius 1 is 1.47 bits per heavy atom. The van der Waals surface area contributed by atoms with Gasteiger partial charge in [-0.3, -0.25) is 4.98 Å². The Labute approximate surface area is 124 Å². The molecular formula is C13H15BrN2O2S. The number of ether oxygens (including phenoxy) is 1. The molecule has 6 heteroatoms. The summed E-state index contributed by atoms with van der Waals surface area (Å²) < 4.78 is 7.30. The molecule has 0 aliphatic heterocycles. The Bertz CT molecular complexity index is 604. The van der Waals surface area contributed by atoms with Crippen LogP contribution >= 0.6 is 27.3 Å². The number of carbonyl (C=O) groups is 1. The number of pyridine rings is 1. The van der Waals surface area contributed by atoms with Gasteiger partial charge < -0.3 is 10.1 Å². The van der Waals surface area contributed by atoms with Crippen LogP contribution in [0.4, 0.5) is 4.79 Å². The lowest BCUT2D eigenvalue weighted by Gasteiger charge is -2.19. The molecule has 0 atom stereocenters. The molecule has 0 saturated heterocycles. The number of amides is 1. The molecule has 0 aliphatic rings. The second-order valence-corrected chi connectivity index (χ2v) is 7.10. The van der Waals surface area contributed by atoms with Crippen molar-refractivity contribution in [3.63, 3.8) is 0 Å². The van der Waals surface area contributed by atoms with Crippen LogP contribution in [0.2, 0.25) is 0 Å². The molecule has 2 aromatic heterocycles. The van der Waals surface area contributed by atoms with E-state index in [9.17, 15) is 4.79 Å². The molecule has 0 radical (unpaired) electrons. The molecule has 2 aromatic rings. The fraction of sp³-hybridized carbons (Fsp3) is 0.385. The van der Waals surface area contributed by atoms with E-state index in [1.807, 2.05) is 33.0 Å². The highest BCUT2D eigenvalue weighted by atomic mass is 79.9. The van der Waals surface area contributed by atoms with Crippen LogP contribution < -0.4 is 5.32 Å². The molecule has 19 heavy (non-hydrogen) atoms. The van der Waals surface area contributed by atoms with E-state index in [0.717, 1.165) is 19.4 Å². The van der Waals surface area contributed by atoms with Crippen LogP contribution in [0, 0.1) is 0 Å². The first-order chi connectivity index (χ1) is 8.85. The highest BCUT2D eigenvalue weighted by molar-refractivity contribution is 9.10. The minimum absolute atomic E-state index is 0.401. The lowest BCUT2D eigenvalue weighted by atomic mass is 10.2. The topological polar surface area (TPSA) is 51.2 Å². The van der Waals surface area contributed by atoms with Crippen LogP contribution in [-0.4, -0.2) is 16.7 Å². The van der Waals surface area contributed by atoms with E-state index in [4.69, 9.17) is 4.74 Å². The average Bonchev–Trinajstić information content (AvgIpc) is 2.68. The Morgan fingerprint density at radius 3 is 2.84 bits per heavy atom. The van der Waals surface area contributed by atoms with Gasteiger partial charge in [-0.05, 0) is 42.8 Å². The van der Waals surface area contributed by atoms with Gasteiger partial charge in [0.15, 0.2) is 0 Å². The Hall–Kier alpha value is -1.14. The third-order valence-corrected chi connectivity index (χ3v) is 4.28. The van der Waals surface area contributed by atoms with E-state index >= 15 is 0 Å². The van der Waals surface area contributed by atoms with Gasteiger partial charge in [0.25, 0.3) is 0 Å². The van der Waals surface area contributed by atoms with E-state index in [0.29, 0.717) is 6.54 Å². The van der Waals surface area contributed by atoms with Crippen molar-refractivity contribution in [2.45, 2.75) is 32.9 Å². The summed E-state index contributed by atoms with van der Waals surface area (Å²) in [5.74, 6) is 0. The SMILES string of the molecule is CC(C)(C)OC(=O)NCc1cc2cncc(Br)c2s1. The van der Waals surface area contributed by atoms with Gasteiger partial charge in [-0.15, -0.1) is 11.3 Å². The summed E-state index contributed by atoms with van der Waals surface area (Å²) in [6.07, 6.45) is 3.18. The van der Waals surface area contributed by atoms with Crippen molar-refractivity contribution >= 4 is 43.4 Å². The lowest BCUT2D eigenvalue weighted by Crippen LogP contribution is -2.31. The monoisotopic (exact) mass is 342 g/mol. The second-order valence-electron chi connectivity index (χ2n) is 5.11. The molecule has 0 bridgehead atoms. The zero-order valence-electron chi connectivity index (χ0n) is 11.0. The first-order valence-electron chi connectivity index (χ1n) is 5.84. The van der Waals surface area contributed by atoms with Gasteiger partial charge in [0.1, 0.15) is 5.60 Å². The summed E-state index contributed by atoms with van der Waals surface area (Å²) in [5, 5.41) is 3.82. The Morgan fingerprint density at radius 2 is 2.21 bits per heavy atom. The number of nitrogens with zero attached hydrogens (tertiary/aromatic N) is 1. The normalized spacial score (nSPS) is 11.6. The number of thiophene rings is 1. The highest BCUT2D eigenvalue weighted by Gasteiger charge is 2.16. The zero-order valence-corrected chi connectivity index (χ0v) is 13.4. The smallest absolute Gasteiger partial charge is 0.407 e. The van der Waals surface area contributed by atoms with Crippen LogP contribution in [0.3, 0.4) is 0 Å². The second kappa shape index (κ2) is 5.46. The highest BCUT2D eigenvalue weighted by Crippen LogP contribution is 2.30. The zero-order chi connectivity index (χ0) is 14.0. The van der Waals surface area contributed by atoms with Gasteiger partial charge in [0, 0.05) is 22.7 Å². The van der Waals surface area contributed by atoms with Crippen molar-refractivity contribution in [1.82, 2.24) is 10.3 Å². The molecule has 0 unspecified atom stereocenters. The number of rotatable bonds is 2. The molecular weight excluding hydrogens is 328 g/mol. The third-order valence-electron chi connectivity index (χ3n) is 2.24. The fourth-order valence-electron chi connectivity index (χ4n) is 1.54. The third kappa shape index (κ3) is 3.91. The number of alkyl carbamates (subject to hydrolysis) is 1. The minimum atomic E-state index is -0.475. The van der Waals surface area contributed by atoms with E-state index < -0.39 is 11.7 Å². The van der Waals surface area contributed by atoms with Crippen LogP contribution in [0.1, 0.15) is 25.6 Å². The van der Waals surface area contributed by atoms with E-state index in [-0.39, 0.29) is 0 Å². The molecule has 1 N–H and O–H groups in total. The predicted molar refractivity (Wildman–Crippen MR) is 80.4 cm³/mol. The maximum absolute atomic E-state index is 11.6. The van der Waals surface area contributed by atoms with Crippen LogP contribution in [0.25, 0.3) is 10.1 Å². The van der Waals surface area contributed by atoms with Crippen LogP contribution in [0.5, 0.6) is 0 Å². The van der Waals surface area contributed by atoms with E-state index in [1.165, 1.54) is 0 Å². The fourth-order valence-corrected chi connectivity index (χ4v) is 3.11. The molecule has 0 aliphatic carbocycles. The summed E-state index contributed by atoms with van der Waals surface area (Å²) in [6, 6.07) is 2.02. The summed E-state index contributed by atoms with van der Waals surface area (Å²) in [4.78, 5) is 16.7. The van der Waals surface area contributed by atoms with Gasteiger partial charge in [-0.2, -0.15) is 0 Å². The van der Waals surface area contributed by atoms with Crippen molar-refractivity contribution in [3.8, 4) is 0 Å². The largest absolute Gasteiger partial charge is 0.444 e. The number of carbonyl (C=O) groups excluding carboxylic acids is 1. The molecule has 102 valence electrons. The van der Waals surface area contributed by atoms with Crippen LogP contribution in [0.15, 0.2) is 22.9 Å².